The molecule has 0 bridgehead atoms. The standard InChI is InChI=1S/C17H18N2O4/c18-15(17(21)23-19)10-13-8-4-5-9-14(13)16(20)22-11-12-6-2-1-3-7-12/h1-9,15H,10-11,18-19H2/t15-/m0/s1. The third kappa shape index (κ3) is 4.64. The van der Waals surface area contributed by atoms with Crippen LogP contribution in [0.2, 0.25) is 0 Å². The fourth-order valence-electron chi connectivity index (χ4n) is 2.11. The number of hydrogen-bond acceptors (Lipinski definition) is 6. The van der Waals surface area contributed by atoms with Crippen LogP contribution in [0.4, 0.5) is 0 Å². The molecule has 2 rings (SSSR count). The number of carbonyl (C=O) groups is 2. The average Bonchev–Trinajstić information content (AvgIpc) is 2.60. The highest BCUT2D eigenvalue weighted by Gasteiger charge is 2.19. The Morgan fingerprint density at radius 1 is 1.00 bits per heavy atom. The van der Waals surface area contributed by atoms with Crippen molar-refractivity contribution in [2.75, 3.05) is 0 Å². The Kier molecular flexibility index (Phi) is 5.85. The molecule has 0 amide bonds. The number of esters is 1. The Balaban J connectivity index is 2.06. The number of carbonyl (C=O) groups excluding carboxylic acids is 2. The van der Waals surface area contributed by atoms with E-state index in [0.717, 1.165) is 5.56 Å². The predicted molar refractivity (Wildman–Crippen MR) is 84.0 cm³/mol. The molecule has 0 fully saturated rings. The normalized spacial score (nSPS) is 11.6. The number of rotatable bonds is 6. The summed E-state index contributed by atoms with van der Waals surface area (Å²) in [5.41, 5.74) is 7.54. The summed E-state index contributed by atoms with van der Waals surface area (Å²) in [6.45, 7) is 0.172. The van der Waals surface area contributed by atoms with Gasteiger partial charge in [-0.1, -0.05) is 48.5 Å². The minimum absolute atomic E-state index is 0.132. The van der Waals surface area contributed by atoms with Crippen LogP contribution in [-0.4, -0.2) is 18.0 Å². The lowest BCUT2D eigenvalue weighted by Crippen LogP contribution is -2.36. The van der Waals surface area contributed by atoms with Crippen molar-refractivity contribution < 1.29 is 19.2 Å². The van der Waals surface area contributed by atoms with E-state index >= 15 is 0 Å². The van der Waals surface area contributed by atoms with Gasteiger partial charge in [0.25, 0.3) is 0 Å². The minimum Gasteiger partial charge on any atom is -0.457 e. The van der Waals surface area contributed by atoms with Gasteiger partial charge in [-0.2, -0.15) is 5.90 Å². The van der Waals surface area contributed by atoms with Gasteiger partial charge in [0.05, 0.1) is 5.56 Å². The molecular formula is C17H18N2O4. The molecule has 0 aliphatic carbocycles. The van der Waals surface area contributed by atoms with Crippen molar-refractivity contribution in [3.05, 3.63) is 71.3 Å². The van der Waals surface area contributed by atoms with E-state index in [1.54, 1.807) is 24.3 Å². The zero-order valence-electron chi connectivity index (χ0n) is 12.5. The van der Waals surface area contributed by atoms with Gasteiger partial charge in [-0.15, -0.1) is 0 Å². The Morgan fingerprint density at radius 3 is 2.35 bits per heavy atom. The minimum atomic E-state index is -0.942. The first-order valence-electron chi connectivity index (χ1n) is 7.07. The van der Waals surface area contributed by atoms with E-state index in [-0.39, 0.29) is 13.0 Å². The van der Waals surface area contributed by atoms with Crippen LogP contribution in [0.3, 0.4) is 0 Å². The molecule has 1 atom stereocenters. The number of ether oxygens (including phenoxy) is 1. The number of hydrogen-bond donors (Lipinski definition) is 2. The summed E-state index contributed by atoms with van der Waals surface area (Å²) in [4.78, 5) is 27.7. The maximum Gasteiger partial charge on any atom is 0.341 e. The third-order valence-corrected chi connectivity index (χ3v) is 3.31. The molecule has 4 N–H and O–H groups in total. The summed E-state index contributed by atoms with van der Waals surface area (Å²) >= 11 is 0. The second kappa shape index (κ2) is 8.07. The van der Waals surface area contributed by atoms with Crippen molar-refractivity contribution in [1.82, 2.24) is 0 Å². The molecule has 0 saturated heterocycles. The summed E-state index contributed by atoms with van der Waals surface area (Å²) in [5.74, 6) is 3.60. The first kappa shape index (κ1) is 16.7. The van der Waals surface area contributed by atoms with Crippen LogP contribution in [0, 0.1) is 0 Å². The third-order valence-electron chi connectivity index (χ3n) is 3.31. The maximum atomic E-state index is 12.3. The van der Waals surface area contributed by atoms with Gasteiger partial charge >= 0.3 is 11.9 Å². The highest BCUT2D eigenvalue weighted by molar-refractivity contribution is 5.91. The SMILES string of the molecule is NOC(=O)[C@@H](N)Cc1ccccc1C(=O)OCc1ccccc1. The van der Waals surface area contributed by atoms with E-state index in [2.05, 4.69) is 4.84 Å². The lowest BCUT2D eigenvalue weighted by atomic mass is 10.0. The fraction of sp³-hybridized carbons (Fsp3) is 0.176. The Bertz CT molecular complexity index is 673. The monoisotopic (exact) mass is 314 g/mol. The lowest BCUT2D eigenvalue weighted by molar-refractivity contribution is -0.145. The average molecular weight is 314 g/mol. The van der Waals surface area contributed by atoms with Crippen LogP contribution >= 0.6 is 0 Å². The summed E-state index contributed by atoms with van der Waals surface area (Å²) in [7, 11) is 0. The van der Waals surface area contributed by atoms with Gasteiger partial charge in [-0.05, 0) is 23.6 Å². The molecule has 2 aromatic carbocycles. The predicted octanol–water partition coefficient (Wildman–Crippen LogP) is 1.33. The molecule has 0 aliphatic rings. The molecule has 6 nitrogen and oxygen atoms in total. The molecule has 23 heavy (non-hydrogen) atoms. The van der Waals surface area contributed by atoms with Gasteiger partial charge in [-0.3, -0.25) is 0 Å². The molecule has 0 aromatic heterocycles. The molecule has 6 heteroatoms. The molecule has 0 saturated carbocycles. The lowest BCUT2D eigenvalue weighted by Gasteiger charge is -2.12. The smallest absolute Gasteiger partial charge is 0.341 e. The first-order chi connectivity index (χ1) is 11.1. The van der Waals surface area contributed by atoms with Gasteiger partial charge < -0.3 is 15.3 Å². The van der Waals surface area contributed by atoms with Crippen LogP contribution in [0.5, 0.6) is 0 Å². The van der Waals surface area contributed by atoms with Crippen LogP contribution in [0.15, 0.2) is 54.6 Å². The second-order valence-corrected chi connectivity index (χ2v) is 4.97. The van der Waals surface area contributed by atoms with Crippen molar-refractivity contribution in [2.45, 2.75) is 19.1 Å². The fourth-order valence-corrected chi connectivity index (χ4v) is 2.11. The molecule has 0 spiro atoms. The molecule has 0 radical (unpaired) electrons. The van der Waals surface area contributed by atoms with Crippen molar-refractivity contribution in [3.63, 3.8) is 0 Å². The van der Waals surface area contributed by atoms with E-state index in [1.165, 1.54) is 0 Å². The zero-order chi connectivity index (χ0) is 16.7. The topological polar surface area (TPSA) is 105 Å². The molecule has 0 unspecified atom stereocenters. The zero-order valence-corrected chi connectivity index (χ0v) is 12.5. The van der Waals surface area contributed by atoms with Crippen molar-refractivity contribution >= 4 is 11.9 Å². The molecule has 2 aromatic rings. The molecule has 0 heterocycles. The Labute approximate surface area is 133 Å². The van der Waals surface area contributed by atoms with Gasteiger partial charge in [0, 0.05) is 0 Å². The summed E-state index contributed by atoms with van der Waals surface area (Å²) in [6.07, 6.45) is 0.132. The summed E-state index contributed by atoms with van der Waals surface area (Å²) in [6, 6.07) is 15.2. The quantitative estimate of drug-likeness (QED) is 0.615. The summed E-state index contributed by atoms with van der Waals surface area (Å²) < 4.78 is 5.30. The van der Waals surface area contributed by atoms with E-state index in [0.29, 0.717) is 11.1 Å². The maximum absolute atomic E-state index is 12.3. The van der Waals surface area contributed by atoms with Gasteiger partial charge in [0.2, 0.25) is 0 Å². The highest BCUT2D eigenvalue weighted by atomic mass is 16.7. The Hall–Kier alpha value is -2.70. The van der Waals surface area contributed by atoms with Crippen LogP contribution in [0.25, 0.3) is 0 Å². The van der Waals surface area contributed by atoms with Crippen LogP contribution < -0.4 is 11.6 Å². The summed E-state index contributed by atoms with van der Waals surface area (Å²) in [5, 5.41) is 0. The Morgan fingerprint density at radius 2 is 1.65 bits per heavy atom. The second-order valence-electron chi connectivity index (χ2n) is 4.97. The van der Waals surface area contributed by atoms with E-state index < -0.39 is 18.0 Å². The first-order valence-corrected chi connectivity index (χ1v) is 7.07. The molecule has 120 valence electrons. The van der Waals surface area contributed by atoms with Crippen LogP contribution in [0.1, 0.15) is 21.5 Å². The van der Waals surface area contributed by atoms with Crippen molar-refractivity contribution in [3.8, 4) is 0 Å². The van der Waals surface area contributed by atoms with Gasteiger partial charge in [0.15, 0.2) is 0 Å². The van der Waals surface area contributed by atoms with E-state index in [4.69, 9.17) is 16.4 Å². The van der Waals surface area contributed by atoms with Crippen molar-refractivity contribution in [1.29, 1.82) is 0 Å². The molecule has 0 aliphatic heterocycles. The van der Waals surface area contributed by atoms with E-state index in [9.17, 15) is 9.59 Å². The largest absolute Gasteiger partial charge is 0.457 e. The number of benzene rings is 2. The molecular weight excluding hydrogens is 296 g/mol. The van der Waals surface area contributed by atoms with Crippen molar-refractivity contribution in [2.24, 2.45) is 11.6 Å². The number of nitrogens with two attached hydrogens (primary N) is 2. The van der Waals surface area contributed by atoms with Gasteiger partial charge in [-0.25, -0.2) is 9.59 Å². The highest BCUT2D eigenvalue weighted by Crippen LogP contribution is 2.14. The van der Waals surface area contributed by atoms with Gasteiger partial charge in [0.1, 0.15) is 12.6 Å². The van der Waals surface area contributed by atoms with E-state index in [1.807, 2.05) is 30.3 Å². The van der Waals surface area contributed by atoms with Crippen LogP contribution in [-0.2, 0) is 27.4 Å².